The number of Topliss-reactive ketones (excluding diaryl/α,β-unsaturated/α-hetero) is 1. The predicted molar refractivity (Wildman–Crippen MR) is 74.2 cm³/mol. The maximum atomic E-state index is 13.0. The van der Waals surface area contributed by atoms with Gasteiger partial charge in [0.15, 0.2) is 5.78 Å². The third kappa shape index (κ3) is 3.27. The molecule has 0 saturated carbocycles. The van der Waals surface area contributed by atoms with Crippen LogP contribution in [0, 0.1) is 5.82 Å². The fourth-order valence-electron chi connectivity index (χ4n) is 1.69. The van der Waals surface area contributed by atoms with Gasteiger partial charge < -0.3 is 11.1 Å². The van der Waals surface area contributed by atoms with Crippen molar-refractivity contribution in [1.82, 2.24) is 0 Å². The first-order valence-corrected chi connectivity index (χ1v) is 6.00. The molecule has 0 heterocycles. The molecule has 5 heteroatoms. The second kappa shape index (κ2) is 6.08. The molecule has 0 radical (unpaired) electrons. The molecule has 2 aromatic carbocycles. The predicted octanol–water partition coefficient (Wildman–Crippen LogP) is 2.22. The van der Waals surface area contributed by atoms with Gasteiger partial charge in [-0.1, -0.05) is 6.07 Å². The third-order valence-electron chi connectivity index (χ3n) is 2.74. The molecule has 20 heavy (non-hydrogen) atoms. The molecule has 2 rings (SSSR count). The van der Waals surface area contributed by atoms with Crippen molar-refractivity contribution in [3.05, 3.63) is 65.5 Å². The van der Waals surface area contributed by atoms with E-state index in [1.54, 1.807) is 24.3 Å². The van der Waals surface area contributed by atoms with Crippen molar-refractivity contribution < 1.29 is 14.0 Å². The largest absolute Gasteiger partial charge is 0.324 e. The second-order valence-electron chi connectivity index (χ2n) is 4.17. The van der Waals surface area contributed by atoms with E-state index in [0.29, 0.717) is 11.3 Å². The van der Waals surface area contributed by atoms with Crippen LogP contribution in [0.4, 0.5) is 10.1 Å². The van der Waals surface area contributed by atoms with E-state index in [4.69, 9.17) is 5.73 Å². The van der Waals surface area contributed by atoms with Gasteiger partial charge >= 0.3 is 0 Å². The Bertz CT molecular complexity index is 639. The van der Waals surface area contributed by atoms with Crippen molar-refractivity contribution in [2.75, 3.05) is 11.9 Å². The number of nitrogens with one attached hydrogen (secondary N) is 1. The standard InChI is InChI=1S/C15H13FN2O2/c16-12-3-1-2-11(8-12)15(20)18-13-6-4-10(5-7-13)14(19)9-17/h1-8H,9,17H2,(H,18,20). The van der Waals surface area contributed by atoms with Crippen LogP contribution >= 0.6 is 0 Å². The van der Waals surface area contributed by atoms with Gasteiger partial charge in [-0.15, -0.1) is 0 Å². The van der Waals surface area contributed by atoms with Gasteiger partial charge in [-0.3, -0.25) is 9.59 Å². The number of carbonyl (C=O) groups excluding carboxylic acids is 2. The Morgan fingerprint density at radius 2 is 1.75 bits per heavy atom. The quantitative estimate of drug-likeness (QED) is 0.838. The van der Waals surface area contributed by atoms with Gasteiger partial charge in [0.2, 0.25) is 0 Å². The molecule has 0 fully saturated rings. The summed E-state index contributed by atoms with van der Waals surface area (Å²) >= 11 is 0. The van der Waals surface area contributed by atoms with E-state index >= 15 is 0 Å². The highest BCUT2D eigenvalue weighted by atomic mass is 19.1. The molecule has 0 aliphatic heterocycles. The van der Waals surface area contributed by atoms with E-state index in [1.165, 1.54) is 18.2 Å². The van der Waals surface area contributed by atoms with Crippen LogP contribution in [0.5, 0.6) is 0 Å². The first-order valence-electron chi connectivity index (χ1n) is 6.00. The Hall–Kier alpha value is -2.53. The van der Waals surface area contributed by atoms with E-state index in [9.17, 15) is 14.0 Å². The maximum absolute atomic E-state index is 13.0. The number of hydrogen-bond acceptors (Lipinski definition) is 3. The number of nitrogens with two attached hydrogens (primary N) is 1. The molecule has 4 nitrogen and oxygen atoms in total. The lowest BCUT2D eigenvalue weighted by atomic mass is 10.1. The average Bonchev–Trinajstić information content (AvgIpc) is 2.47. The molecule has 2 aromatic rings. The van der Waals surface area contributed by atoms with E-state index in [0.717, 1.165) is 6.07 Å². The SMILES string of the molecule is NCC(=O)c1ccc(NC(=O)c2cccc(F)c2)cc1. The summed E-state index contributed by atoms with van der Waals surface area (Å²) in [6.45, 7) is -0.0605. The van der Waals surface area contributed by atoms with Crippen LogP contribution in [0.15, 0.2) is 48.5 Å². The third-order valence-corrected chi connectivity index (χ3v) is 2.74. The zero-order chi connectivity index (χ0) is 14.5. The molecule has 0 spiro atoms. The summed E-state index contributed by atoms with van der Waals surface area (Å²) in [7, 11) is 0. The number of ketones is 1. The topological polar surface area (TPSA) is 72.2 Å². The summed E-state index contributed by atoms with van der Waals surface area (Å²) < 4.78 is 13.0. The van der Waals surface area contributed by atoms with Crippen LogP contribution in [-0.2, 0) is 0 Å². The number of halogens is 1. The van der Waals surface area contributed by atoms with Gasteiger partial charge in [-0.05, 0) is 42.5 Å². The van der Waals surface area contributed by atoms with E-state index in [-0.39, 0.29) is 17.9 Å². The van der Waals surface area contributed by atoms with Crippen LogP contribution in [0.1, 0.15) is 20.7 Å². The molecule has 0 aromatic heterocycles. The fourth-order valence-corrected chi connectivity index (χ4v) is 1.69. The Kier molecular flexibility index (Phi) is 4.22. The van der Waals surface area contributed by atoms with Crippen molar-refractivity contribution in [2.24, 2.45) is 5.73 Å². The summed E-state index contributed by atoms with van der Waals surface area (Å²) in [5.41, 5.74) is 6.49. The van der Waals surface area contributed by atoms with Crippen LogP contribution in [0.2, 0.25) is 0 Å². The summed E-state index contributed by atoms with van der Waals surface area (Å²) in [6, 6.07) is 11.8. The molecule has 102 valence electrons. The van der Waals surface area contributed by atoms with Crippen molar-refractivity contribution in [3.63, 3.8) is 0 Å². The molecule has 0 saturated heterocycles. The van der Waals surface area contributed by atoms with Crippen LogP contribution in [0.3, 0.4) is 0 Å². The molecular formula is C15H13FN2O2. The average molecular weight is 272 g/mol. The molecule has 0 unspecified atom stereocenters. The molecule has 0 bridgehead atoms. The summed E-state index contributed by atoms with van der Waals surface area (Å²) in [4.78, 5) is 23.2. The van der Waals surface area contributed by atoms with E-state index < -0.39 is 11.7 Å². The first kappa shape index (κ1) is 13.9. The summed E-state index contributed by atoms with van der Waals surface area (Å²) in [5.74, 6) is -1.06. The number of amides is 1. The molecule has 3 N–H and O–H groups in total. The Morgan fingerprint density at radius 3 is 2.35 bits per heavy atom. The van der Waals surface area contributed by atoms with Crippen molar-refractivity contribution in [3.8, 4) is 0 Å². The molecule has 0 atom stereocenters. The number of carbonyl (C=O) groups is 2. The van der Waals surface area contributed by atoms with Gasteiger partial charge in [-0.25, -0.2) is 4.39 Å². The van der Waals surface area contributed by atoms with Crippen molar-refractivity contribution in [1.29, 1.82) is 0 Å². The monoisotopic (exact) mass is 272 g/mol. The zero-order valence-electron chi connectivity index (χ0n) is 10.6. The lowest BCUT2D eigenvalue weighted by Crippen LogP contribution is -2.14. The van der Waals surface area contributed by atoms with Crippen LogP contribution in [-0.4, -0.2) is 18.2 Å². The van der Waals surface area contributed by atoms with Gasteiger partial charge in [0.05, 0.1) is 6.54 Å². The molecule has 0 aliphatic rings. The second-order valence-corrected chi connectivity index (χ2v) is 4.17. The zero-order valence-corrected chi connectivity index (χ0v) is 10.6. The highest BCUT2D eigenvalue weighted by molar-refractivity contribution is 6.04. The smallest absolute Gasteiger partial charge is 0.255 e. The fraction of sp³-hybridized carbons (Fsp3) is 0.0667. The molecule has 1 amide bonds. The Morgan fingerprint density at radius 1 is 1.05 bits per heavy atom. The summed E-state index contributed by atoms with van der Waals surface area (Å²) in [6.07, 6.45) is 0. The Balaban J connectivity index is 2.10. The Labute approximate surface area is 115 Å². The normalized spacial score (nSPS) is 10.1. The maximum Gasteiger partial charge on any atom is 0.255 e. The lowest BCUT2D eigenvalue weighted by molar-refractivity contribution is 0.0999. The minimum Gasteiger partial charge on any atom is -0.324 e. The van der Waals surface area contributed by atoms with Crippen molar-refractivity contribution in [2.45, 2.75) is 0 Å². The molecule has 0 aliphatic carbocycles. The first-order chi connectivity index (χ1) is 9.60. The number of benzene rings is 2. The molecular weight excluding hydrogens is 259 g/mol. The van der Waals surface area contributed by atoms with Crippen LogP contribution < -0.4 is 11.1 Å². The highest BCUT2D eigenvalue weighted by Gasteiger charge is 2.08. The minimum atomic E-state index is -0.471. The van der Waals surface area contributed by atoms with E-state index in [2.05, 4.69) is 5.32 Å². The number of hydrogen-bond donors (Lipinski definition) is 2. The highest BCUT2D eigenvalue weighted by Crippen LogP contribution is 2.12. The number of rotatable bonds is 4. The lowest BCUT2D eigenvalue weighted by Gasteiger charge is -2.06. The minimum absolute atomic E-state index is 0.0605. The van der Waals surface area contributed by atoms with Gasteiger partial charge in [-0.2, -0.15) is 0 Å². The van der Waals surface area contributed by atoms with Gasteiger partial charge in [0.25, 0.3) is 5.91 Å². The van der Waals surface area contributed by atoms with Gasteiger partial charge in [0.1, 0.15) is 5.82 Å². The van der Waals surface area contributed by atoms with Crippen LogP contribution in [0.25, 0.3) is 0 Å². The van der Waals surface area contributed by atoms with Gasteiger partial charge in [0, 0.05) is 16.8 Å². The number of anilines is 1. The van der Waals surface area contributed by atoms with E-state index in [1.807, 2.05) is 0 Å². The summed E-state index contributed by atoms with van der Waals surface area (Å²) in [5, 5.41) is 2.62. The van der Waals surface area contributed by atoms with Crippen molar-refractivity contribution >= 4 is 17.4 Å².